The summed E-state index contributed by atoms with van der Waals surface area (Å²) >= 11 is 0. The molecule has 3 N–H and O–H groups in total. The highest BCUT2D eigenvalue weighted by atomic mass is 35.5. The van der Waals surface area contributed by atoms with Crippen molar-refractivity contribution in [2.45, 2.75) is 20.3 Å². The van der Waals surface area contributed by atoms with E-state index in [2.05, 4.69) is 20.7 Å². The molecule has 0 spiro atoms. The lowest BCUT2D eigenvalue weighted by Gasteiger charge is -2.08. The summed E-state index contributed by atoms with van der Waals surface area (Å²) in [4.78, 5) is 11.0. The van der Waals surface area contributed by atoms with Crippen molar-refractivity contribution in [2.75, 3.05) is 18.4 Å². The van der Waals surface area contributed by atoms with Crippen LogP contribution in [0.4, 0.5) is 5.95 Å². The smallest absolute Gasteiger partial charge is 0.308 e. The molecule has 9 nitrogen and oxygen atoms in total. The van der Waals surface area contributed by atoms with E-state index in [0.717, 1.165) is 5.56 Å². The zero-order chi connectivity index (χ0) is 16.8. The monoisotopic (exact) mass is 353 g/mol. The predicted octanol–water partition coefficient (Wildman–Crippen LogP) is -2.06. The number of aromatic nitrogens is 3. The molecule has 24 heavy (non-hydrogen) atoms. The van der Waals surface area contributed by atoms with Crippen molar-refractivity contribution in [1.82, 2.24) is 14.9 Å². The number of carbonyl (C=O) groups excluding carboxylic acids is 1. The van der Waals surface area contributed by atoms with Crippen molar-refractivity contribution in [3.05, 3.63) is 29.6 Å². The number of esters is 1. The van der Waals surface area contributed by atoms with Gasteiger partial charge < -0.3 is 27.7 Å². The number of benzene rings is 1. The third-order valence-electron chi connectivity index (χ3n) is 2.90. The minimum Gasteiger partial charge on any atom is -1.00 e. The number of methoxy groups -OCH3 is 1. The van der Waals surface area contributed by atoms with Gasteiger partial charge in [-0.15, -0.1) is 10.2 Å². The van der Waals surface area contributed by atoms with Crippen molar-refractivity contribution in [2.24, 2.45) is 5.10 Å². The Morgan fingerprint density at radius 3 is 2.75 bits per heavy atom. The maximum atomic E-state index is 11.0. The number of nitrogens with one attached hydrogen (secondary N) is 1. The number of carbonyl (C=O) groups is 1. The number of anilines is 1. The third-order valence-corrected chi connectivity index (χ3v) is 2.90. The van der Waals surface area contributed by atoms with E-state index in [1.807, 2.05) is 6.92 Å². The van der Waals surface area contributed by atoms with E-state index >= 15 is 0 Å². The van der Waals surface area contributed by atoms with Crippen molar-refractivity contribution < 1.29 is 26.7 Å². The van der Waals surface area contributed by atoms with Gasteiger partial charge in [0.05, 0.1) is 13.3 Å². The van der Waals surface area contributed by atoms with Gasteiger partial charge in [-0.1, -0.05) is 6.92 Å². The molecule has 0 aliphatic carbocycles. The van der Waals surface area contributed by atoms with Gasteiger partial charge in [0.1, 0.15) is 0 Å². The molecule has 0 atom stereocenters. The van der Waals surface area contributed by atoms with Crippen molar-refractivity contribution in [3.8, 4) is 11.5 Å². The Morgan fingerprint density at radius 2 is 2.17 bits per heavy atom. The minimum absolute atomic E-state index is 0. The topological polar surface area (TPSA) is 117 Å². The highest BCUT2D eigenvalue weighted by Gasteiger charge is 2.08. The molecular formula is C14H18ClN6O3-. The molecule has 0 saturated heterocycles. The first-order valence-electron chi connectivity index (χ1n) is 6.90. The van der Waals surface area contributed by atoms with Crippen LogP contribution >= 0.6 is 0 Å². The summed E-state index contributed by atoms with van der Waals surface area (Å²) in [6, 6.07) is 5.05. The second-order valence-corrected chi connectivity index (χ2v) is 4.54. The number of halogens is 1. The van der Waals surface area contributed by atoms with E-state index in [1.54, 1.807) is 24.4 Å². The van der Waals surface area contributed by atoms with Crippen LogP contribution in [-0.2, 0) is 11.2 Å². The molecule has 0 saturated carbocycles. The molecule has 0 bridgehead atoms. The lowest BCUT2D eigenvalue weighted by molar-refractivity contribution is -0.132. The molecule has 1 aromatic heterocycles. The van der Waals surface area contributed by atoms with Crippen LogP contribution in [0.3, 0.4) is 0 Å². The van der Waals surface area contributed by atoms with E-state index in [1.165, 1.54) is 18.7 Å². The lowest BCUT2D eigenvalue weighted by atomic mass is 10.2. The average Bonchev–Trinajstić information content (AvgIpc) is 2.88. The molecule has 0 radical (unpaired) electrons. The van der Waals surface area contributed by atoms with Gasteiger partial charge in [-0.2, -0.15) is 5.10 Å². The Morgan fingerprint density at radius 1 is 1.42 bits per heavy atom. The average molecular weight is 354 g/mol. The maximum absolute atomic E-state index is 11.0. The Labute approximate surface area is 145 Å². The third kappa shape index (κ3) is 4.59. The quantitative estimate of drug-likeness (QED) is 0.201. The van der Waals surface area contributed by atoms with Gasteiger partial charge in [0.25, 0.3) is 5.95 Å². The van der Waals surface area contributed by atoms with E-state index in [4.69, 9.17) is 15.3 Å². The molecule has 0 fully saturated rings. The number of hydrogen-bond donors (Lipinski definition) is 2. The summed E-state index contributed by atoms with van der Waals surface area (Å²) in [6.45, 7) is 3.25. The molecule has 0 aliphatic rings. The Hall–Kier alpha value is -2.81. The van der Waals surface area contributed by atoms with Crippen molar-refractivity contribution in [3.63, 3.8) is 0 Å². The van der Waals surface area contributed by atoms with Crippen LogP contribution in [0.15, 0.2) is 23.3 Å². The van der Waals surface area contributed by atoms with Crippen LogP contribution in [0.25, 0.3) is 0 Å². The molecule has 1 aromatic carbocycles. The Balaban J connectivity index is 0.00000288. The number of nitrogen functional groups attached to an aromatic ring is 1. The van der Waals surface area contributed by atoms with Gasteiger partial charge in [-0.3, -0.25) is 4.79 Å². The fourth-order valence-electron chi connectivity index (χ4n) is 1.81. The van der Waals surface area contributed by atoms with E-state index in [9.17, 15) is 4.79 Å². The zero-order valence-corrected chi connectivity index (χ0v) is 14.2. The van der Waals surface area contributed by atoms with Crippen LogP contribution in [-0.4, -0.2) is 34.2 Å². The second-order valence-electron chi connectivity index (χ2n) is 4.54. The second kappa shape index (κ2) is 8.73. The van der Waals surface area contributed by atoms with Crippen molar-refractivity contribution in [1.29, 1.82) is 0 Å². The van der Waals surface area contributed by atoms with Crippen LogP contribution in [0.2, 0.25) is 0 Å². The SMILES string of the molecule is CCc1nnc(NN=Cc2ccc(OC(C)=O)c(OC)c2)n1N.[Cl-]. The van der Waals surface area contributed by atoms with Gasteiger partial charge >= 0.3 is 5.97 Å². The van der Waals surface area contributed by atoms with Crippen LogP contribution in [0, 0.1) is 0 Å². The zero-order valence-electron chi connectivity index (χ0n) is 13.5. The standard InChI is InChI=1S/C14H18N6O3.ClH/c1-4-13-17-19-14(20(13)15)18-16-8-10-5-6-11(23-9(2)21)12(7-10)22-3;/h5-8H,4,15H2,1-3H3,(H,18,19);1H/p-1. The number of aryl methyl sites for hydroxylation is 1. The summed E-state index contributed by atoms with van der Waals surface area (Å²) < 4.78 is 11.6. The Bertz CT molecular complexity index is 731. The summed E-state index contributed by atoms with van der Waals surface area (Å²) in [5, 5.41) is 11.8. The fraction of sp³-hybridized carbons (Fsp3) is 0.286. The molecule has 0 unspecified atom stereocenters. The number of nitrogens with two attached hydrogens (primary N) is 1. The van der Waals surface area contributed by atoms with Gasteiger partial charge in [-0.05, 0) is 23.8 Å². The van der Waals surface area contributed by atoms with Gasteiger partial charge in [0.2, 0.25) is 0 Å². The van der Waals surface area contributed by atoms with Gasteiger partial charge in [-0.25, -0.2) is 10.1 Å². The summed E-state index contributed by atoms with van der Waals surface area (Å²) in [6.07, 6.45) is 2.23. The molecule has 10 heteroatoms. The van der Waals surface area contributed by atoms with Crippen LogP contribution in [0.5, 0.6) is 11.5 Å². The van der Waals surface area contributed by atoms with Gasteiger partial charge in [0.15, 0.2) is 17.3 Å². The summed E-state index contributed by atoms with van der Waals surface area (Å²) in [7, 11) is 1.49. The lowest BCUT2D eigenvalue weighted by Crippen LogP contribution is -3.00. The fourth-order valence-corrected chi connectivity index (χ4v) is 1.81. The Kier molecular flexibility index (Phi) is 6.99. The molecule has 0 amide bonds. The molecule has 0 aliphatic heterocycles. The summed E-state index contributed by atoms with van der Waals surface area (Å²) in [5.41, 5.74) is 3.45. The van der Waals surface area contributed by atoms with Gasteiger partial charge in [0, 0.05) is 13.3 Å². The highest BCUT2D eigenvalue weighted by Crippen LogP contribution is 2.27. The highest BCUT2D eigenvalue weighted by molar-refractivity contribution is 5.82. The predicted molar refractivity (Wildman–Crippen MR) is 85.1 cm³/mol. The maximum Gasteiger partial charge on any atom is 0.308 e. The number of rotatable bonds is 6. The van der Waals surface area contributed by atoms with Crippen LogP contribution < -0.4 is 33.1 Å². The summed E-state index contributed by atoms with van der Waals surface area (Å²) in [5.74, 6) is 7.14. The molecule has 1 heterocycles. The number of hydrogen-bond acceptors (Lipinski definition) is 8. The molecule has 130 valence electrons. The van der Waals surface area contributed by atoms with E-state index < -0.39 is 5.97 Å². The van der Waals surface area contributed by atoms with Crippen molar-refractivity contribution >= 4 is 18.1 Å². The first-order chi connectivity index (χ1) is 11.0. The minimum atomic E-state index is -0.416. The molecule has 2 rings (SSSR count). The van der Waals surface area contributed by atoms with E-state index in [-0.39, 0.29) is 12.4 Å². The number of nitrogens with zero attached hydrogens (tertiary/aromatic N) is 4. The normalized spacial score (nSPS) is 10.3. The number of ether oxygens (including phenoxy) is 2. The molecule has 2 aromatic rings. The number of hydrazone groups is 1. The largest absolute Gasteiger partial charge is 1.00 e. The van der Waals surface area contributed by atoms with Crippen LogP contribution in [0.1, 0.15) is 25.2 Å². The first-order valence-corrected chi connectivity index (χ1v) is 6.90. The van der Waals surface area contributed by atoms with E-state index in [0.29, 0.717) is 29.7 Å². The first kappa shape index (κ1) is 19.2. The molecular weight excluding hydrogens is 336 g/mol.